The third-order valence-corrected chi connectivity index (χ3v) is 9.89. The highest BCUT2D eigenvalue weighted by atomic mass is 32.2. The van der Waals surface area contributed by atoms with Crippen LogP contribution in [0.4, 0.5) is 13.2 Å². The van der Waals surface area contributed by atoms with E-state index < -0.39 is 21.0 Å². The van der Waals surface area contributed by atoms with Crippen LogP contribution in [0.15, 0.2) is 127 Å². The summed E-state index contributed by atoms with van der Waals surface area (Å²) in [6.45, 7) is 0. The first kappa shape index (κ1) is 26.7. The van der Waals surface area contributed by atoms with Crippen molar-refractivity contribution in [2.45, 2.75) is 17.3 Å². The first-order chi connectivity index (χ1) is 21.2. The topological polar surface area (TPSA) is 43.4 Å². The van der Waals surface area contributed by atoms with Gasteiger partial charge < -0.3 is 4.18 Å². The molecule has 2 aliphatic carbocycles. The van der Waals surface area contributed by atoms with Gasteiger partial charge in [-0.2, -0.15) is 21.6 Å². The van der Waals surface area contributed by atoms with E-state index in [1.165, 1.54) is 6.07 Å². The largest absolute Gasteiger partial charge is 0.534 e. The van der Waals surface area contributed by atoms with Crippen LogP contribution in [0.5, 0.6) is 5.75 Å². The number of rotatable bonds is 2. The fraction of sp³-hybridized carbons (Fsp3) is 0.0811. The number of benzene rings is 6. The predicted molar refractivity (Wildman–Crippen MR) is 165 cm³/mol. The van der Waals surface area contributed by atoms with Gasteiger partial charge in [0.1, 0.15) is 5.75 Å². The molecule has 44 heavy (non-hydrogen) atoms. The van der Waals surface area contributed by atoms with E-state index in [4.69, 9.17) is 4.18 Å². The van der Waals surface area contributed by atoms with Crippen LogP contribution >= 0.6 is 0 Å². The van der Waals surface area contributed by atoms with Crippen molar-refractivity contribution in [3.63, 3.8) is 0 Å². The Bertz CT molecular complexity index is 2160. The summed E-state index contributed by atoms with van der Waals surface area (Å²) in [7, 11) is -5.95. The van der Waals surface area contributed by atoms with Gasteiger partial charge in [-0.15, -0.1) is 0 Å². The average molecular weight is 605 g/mol. The summed E-state index contributed by atoms with van der Waals surface area (Å²) in [5, 5.41) is 1.47. The highest BCUT2D eigenvalue weighted by Gasteiger charge is 2.54. The zero-order chi connectivity index (χ0) is 30.3. The number of alkyl halides is 3. The minimum atomic E-state index is -5.95. The number of hydrogen-bond acceptors (Lipinski definition) is 3. The summed E-state index contributed by atoms with van der Waals surface area (Å²) < 4.78 is 71.2. The second-order valence-electron chi connectivity index (χ2n) is 11.2. The van der Waals surface area contributed by atoms with Crippen LogP contribution in [0.25, 0.3) is 33.0 Å². The molecule has 0 atom stereocenters. The van der Waals surface area contributed by atoms with E-state index >= 15 is 0 Å². The van der Waals surface area contributed by atoms with E-state index in [9.17, 15) is 21.6 Å². The Labute approximate surface area is 252 Å². The Morgan fingerprint density at radius 3 is 1.64 bits per heavy atom. The Morgan fingerprint density at radius 2 is 1.07 bits per heavy atom. The SMILES string of the molecule is O=S(=O)(Oc1ccc2cccc3c2c1C31c2ccccc2-c2ccccc2Cc2ccccc2-c2ccccc21)C(F)(F)F. The first-order valence-corrected chi connectivity index (χ1v) is 15.6. The average Bonchev–Trinajstić information content (AvgIpc) is 3.01. The summed E-state index contributed by atoms with van der Waals surface area (Å²) in [6, 6.07) is 40.8. The smallest absolute Gasteiger partial charge is 0.376 e. The van der Waals surface area contributed by atoms with Gasteiger partial charge in [-0.25, -0.2) is 0 Å². The molecule has 0 bridgehead atoms. The minimum absolute atomic E-state index is 0.336. The maximum absolute atomic E-state index is 13.7. The molecule has 2 aliphatic rings. The maximum Gasteiger partial charge on any atom is 0.534 e. The van der Waals surface area contributed by atoms with Crippen LogP contribution in [-0.4, -0.2) is 13.9 Å². The molecule has 0 heterocycles. The second kappa shape index (κ2) is 9.31. The molecule has 0 aliphatic heterocycles. The molecule has 0 N–H and O–H groups in total. The van der Waals surface area contributed by atoms with Gasteiger partial charge in [0.25, 0.3) is 0 Å². The van der Waals surface area contributed by atoms with Crippen LogP contribution in [0, 0.1) is 0 Å². The number of fused-ring (bicyclic) bond motifs is 10. The van der Waals surface area contributed by atoms with Crippen molar-refractivity contribution < 1.29 is 25.8 Å². The monoisotopic (exact) mass is 604 g/mol. The fourth-order valence-electron chi connectivity index (χ4n) is 7.23. The van der Waals surface area contributed by atoms with Gasteiger partial charge in [0.2, 0.25) is 0 Å². The van der Waals surface area contributed by atoms with Crippen molar-refractivity contribution in [2.75, 3.05) is 0 Å². The lowest BCUT2D eigenvalue weighted by Gasteiger charge is -2.48. The summed E-state index contributed by atoms with van der Waals surface area (Å²) in [5.41, 5.74) is 2.21. The molecule has 0 amide bonds. The van der Waals surface area contributed by atoms with Crippen molar-refractivity contribution in [1.29, 1.82) is 0 Å². The van der Waals surface area contributed by atoms with Gasteiger partial charge in [-0.05, 0) is 73.3 Å². The molecule has 216 valence electrons. The molecule has 3 nitrogen and oxygen atoms in total. The fourth-order valence-corrected chi connectivity index (χ4v) is 7.70. The normalized spacial score (nSPS) is 14.5. The number of hydrogen-bond donors (Lipinski definition) is 0. The third-order valence-electron chi connectivity index (χ3n) is 8.93. The van der Waals surface area contributed by atoms with Crippen LogP contribution in [-0.2, 0) is 22.0 Å². The molecule has 0 aromatic heterocycles. The van der Waals surface area contributed by atoms with E-state index in [2.05, 4.69) is 24.3 Å². The van der Waals surface area contributed by atoms with Crippen LogP contribution in [0.1, 0.15) is 33.4 Å². The molecule has 6 aromatic carbocycles. The van der Waals surface area contributed by atoms with Crippen molar-refractivity contribution in [3.05, 3.63) is 161 Å². The molecule has 7 heteroatoms. The molecule has 8 rings (SSSR count). The summed E-state index contributed by atoms with van der Waals surface area (Å²) in [5.74, 6) is -0.336. The highest BCUT2D eigenvalue weighted by Crippen LogP contribution is 2.63. The first-order valence-electron chi connectivity index (χ1n) is 14.1. The van der Waals surface area contributed by atoms with Crippen molar-refractivity contribution >= 4 is 20.9 Å². The Morgan fingerprint density at radius 1 is 0.568 bits per heavy atom. The summed E-state index contributed by atoms with van der Waals surface area (Å²) >= 11 is 0. The van der Waals surface area contributed by atoms with E-state index in [0.717, 1.165) is 55.5 Å². The van der Waals surface area contributed by atoms with Gasteiger partial charge in [-0.1, -0.05) is 121 Å². The zero-order valence-corrected chi connectivity index (χ0v) is 23.9. The van der Waals surface area contributed by atoms with Gasteiger partial charge >= 0.3 is 15.6 Å². The molecule has 6 aromatic rings. The summed E-state index contributed by atoms with van der Waals surface area (Å²) in [4.78, 5) is 0. The van der Waals surface area contributed by atoms with Crippen LogP contribution in [0.2, 0.25) is 0 Å². The molecule has 0 saturated heterocycles. The molecular formula is C37H23F3O3S. The van der Waals surface area contributed by atoms with Gasteiger partial charge in [0.05, 0.1) is 5.41 Å². The van der Waals surface area contributed by atoms with E-state index in [-0.39, 0.29) is 5.75 Å². The summed E-state index contributed by atoms with van der Waals surface area (Å²) in [6.07, 6.45) is 0.673. The molecule has 0 saturated carbocycles. The lowest BCUT2D eigenvalue weighted by Crippen LogP contribution is -2.40. The van der Waals surface area contributed by atoms with Gasteiger partial charge in [0, 0.05) is 5.56 Å². The lowest BCUT2D eigenvalue weighted by molar-refractivity contribution is -0.0500. The maximum atomic E-state index is 13.7. The molecule has 0 fully saturated rings. The van der Waals surface area contributed by atoms with E-state index in [0.29, 0.717) is 17.4 Å². The highest BCUT2D eigenvalue weighted by molar-refractivity contribution is 7.88. The molecule has 1 spiro atoms. The minimum Gasteiger partial charge on any atom is -0.376 e. The van der Waals surface area contributed by atoms with Crippen LogP contribution in [0.3, 0.4) is 0 Å². The molecular weight excluding hydrogens is 581 g/mol. The van der Waals surface area contributed by atoms with E-state index in [1.807, 2.05) is 91.0 Å². The quantitative estimate of drug-likeness (QED) is 0.146. The Hall–Kier alpha value is -4.88. The molecule has 0 radical (unpaired) electrons. The predicted octanol–water partition coefficient (Wildman–Crippen LogP) is 9.00. The zero-order valence-electron chi connectivity index (χ0n) is 23.1. The lowest BCUT2D eigenvalue weighted by atomic mass is 9.53. The third kappa shape index (κ3) is 3.59. The van der Waals surface area contributed by atoms with Gasteiger partial charge in [0.15, 0.2) is 0 Å². The van der Waals surface area contributed by atoms with Gasteiger partial charge in [-0.3, -0.25) is 0 Å². The molecule has 0 unspecified atom stereocenters. The number of halogens is 3. The van der Waals surface area contributed by atoms with E-state index in [1.54, 1.807) is 6.07 Å². The van der Waals surface area contributed by atoms with Crippen molar-refractivity contribution in [1.82, 2.24) is 0 Å². The second-order valence-corrected chi connectivity index (χ2v) is 12.7. The Balaban J connectivity index is 1.57. The standard InChI is InChI=1S/C37H23F3O3S/c38-37(39,40)44(41,42)43-33-21-20-23-12-9-19-32-34(23)35(33)36(32)30-17-7-5-15-28(30)26-13-3-1-10-24(26)22-25-11-2-4-14-27(25)29-16-6-8-18-31(29)36/h1-21H,22H2. The van der Waals surface area contributed by atoms with Crippen molar-refractivity contribution in [2.24, 2.45) is 0 Å². The Kier molecular flexibility index (Phi) is 5.65. The van der Waals surface area contributed by atoms with Crippen molar-refractivity contribution in [3.8, 4) is 28.0 Å². The van der Waals surface area contributed by atoms with Crippen LogP contribution < -0.4 is 4.18 Å².